The normalized spacial score (nSPS) is 15.8. The van der Waals surface area contributed by atoms with Gasteiger partial charge in [0.05, 0.1) is 12.9 Å². The average molecular weight is 261 g/mol. The Morgan fingerprint density at radius 1 is 1.22 bits per heavy atom. The average Bonchev–Trinajstić information content (AvgIpc) is 2.96. The van der Waals surface area contributed by atoms with Crippen LogP contribution in [-0.2, 0) is 4.74 Å². The van der Waals surface area contributed by atoms with E-state index in [1.807, 2.05) is 6.33 Å². The number of aromatic nitrogens is 4. The molecule has 0 N–H and O–H groups in total. The standard InChI is InChI=1S/C11H15N5OSi/c1-18(2,3)16-7-15-10-9(16)8(13-6-14-10)11-12-4-5-17-11/h6-7H,4-5H2,1-3H3. The maximum absolute atomic E-state index is 5.52. The van der Waals surface area contributed by atoms with Crippen LogP contribution in [0.4, 0.5) is 0 Å². The molecular weight excluding hydrogens is 246 g/mol. The molecule has 2 aromatic heterocycles. The Morgan fingerprint density at radius 3 is 2.72 bits per heavy atom. The number of nitrogens with zero attached hydrogens (tertiary/aromatic N) is 5. The van der Waals surface area contributed by atoms with Crippen LogP contribution in [0.1, 0.15) is 5.69 Å². The van der Waals surface area contributed by atoms with Crippen molar-refractivity contribution in [2.45, 2.75) is 19.6 Å². The van der Waals surface area contributed by atoms with E-state index in [1.165, 1.54) is 6.33 Å². The van der Waals surface area contributed by atoms with Crippen molar-refractivity contribution in [3.8, 4) is 0 Å². The van der Waals surface area contributed by atoms with Crippen LogP contribution in [0.2, 0.25) is 19.6 Å². The van der Waals surface area contributed by atoms with E-state index in [1.54, 1.807) is 0 Å². The lowest BCUT2D eigenvalue weighted by atomic mass is 10.3. The van der Waals surface area contributed by atoms with Crippen LogP contribution in [0.5, 0.6) is 0 Å². The third-order valence-electron chi connectivity index (χ3n) is 2.85. The molecule has 0 atom stereocenters. The summed E-state index contributed by atoms with van der Waals surface area (Å²) in [6, 6.07) is 0. The first kappa shape index (κ1) is 11.3. The first-order chi connectivity index (χ1) is 8.57. The minimum Gasteiger partial charge on any atom is -0.474 e. The van der Waals surface area contributed by atoms with E-state index in [4.69, 9.17) is 4.74 Å². The molecule has 3 heterocycles. The second-order valence-corrected chi connectivity index (χ2v) is 10.0. The molecule has 0 amide bonds. The molecule has 0 radical (unpaired) electrons. The van der Waals surface area contributed by atoms with Crippen molar-refractivity contribution < 1.29 is 4.74 Å². The van der Waals surface area contributed by atoms with Gasteiger partial charge in [0, 0.05) is 0 Å². The number of rotatable bonds is 2. The first-order valence-electron chi connectivity index (χ1n) is 5.93. The van der Waals surface area contributed by atoms with Crippen LogP contribution in [0.3, 0.4) is 0 Å². The summed E-state index contributed by atoms with van der Waals surface area (Å²) in [5.74, 6) is 0.613. The smallest absolute Gasteiger partial charge is 0.237 e. The van der Waals surface area contributed by atoms with Crippen molar-refractivity contribution in [3.63, 3.8) is 0 Å². The van der Waals surface area contributed by atoms with Crippen LogP contribution >= 0.6 is 0 Å². The molecule has 94 valence electrons. The van der Waals surface area contributed by atoms with Gasteiger partial charge in [0.1, 0.15) is 18.5 Å². The van der Waals surface area contributed by atoms with Crippen molar-refractivity contribution in [3.05, 3.63) is 18.3 Å². The largest absolute Gasteiger partial charge is 0.474 e. The van der Waals surface area contributed by atoms with E-state index in [-0.39, 0.29) is 0 Å². The highest BCUT2D eigenvalue weighted by Gasteiger charge is 2.25. The minimum absolute atomic E-state index is 0.613. The lowest BCUT2D eigenvalue weighted by molar-refractivity contribution is 0.347. The minimum atomic E-state index is -1.56. The summed E-state index contributed by atoms with van der Waals surface area (Å²) in [4.78, 5) is 17.2. The van der Waals surface area contributed by atoms with Crippen molar-refractivity contribution >= 4 is 25.3 Å². The Hall–Kier alpha value is -1.76. The molecule has 1 aliphatic rings. The van der Waals surface area contributed by atoms with Gasteiger partial charge < -0.3 is 8.97 Å². The van der Waals surface area contributed by atoms with Gasteiger partial charge in [0.25, 0.3) is 0 Å². The van der Waals surface area contributed by atoms with Gasteiger partial charge in [-0.3, -0.25) is 0 Å². The summed E-state index contributed by atoms with van der Waals surface area (Å²) in [6.45, 7) is 8.08. The Morgan fingerprint density at radius 2 is 2.06 bits per heavy atom. The van der Waals surface area contributed by atoms with E-state index in [2.05, 4.69) is 43.8 Å². The molecule has 0 aromatic carbocycles. The number of hydrogen-bond acceptors (Lipinski definition) is 5. The SMILES string of the molecule is C[Si](C)(C)n1cnc2ncnc(C3=NCCO3)c21. The molecule has 6 nitrogen and oxygen atoms in total. The molecule has 0 spiro atoms. The van der Waals surface area contributed by atoms with Crippen molar-refractivity contribution in [1.82, 2.24) is 19.2 Å². The Kier molecular flexibility index (Phi) is 2.44. The van der Waals surface area contributed by atoms with Crippen LogP contribution in [0, 0.1) is 0 Å². The van der Waals surface area contributed by atoms with Crippen molar-refractivity contribution in [1.29, 1.82) is 0 Å². The lowest BCUT2D eigenvalue weighted by Gasteiger charge is -2.19. The number of ether oxygens (including phenoxy) is 1. The predicted molar refractivity (Wildman–Crippen MR) is 71.4 cm³/mol. The molecule has 2 aromatic rings. The van der Waals surface area contributed by atoms with Crippen molar-refractivity contribution in [2.75, 3.05) is 13.2 Å². The third kappa shape index (κ3) is 1.71. The summed E-state index contributed by atoms with van der Waals surface area (Å²) in [6.07, 6.45) is 3.37. The van der Waals surface area contributed by atoms with Crippen LogP contribution in [0.25, 0.3) is 11.2 Å². The van der Waals surface area contributed by atoms with E-state index in [0.29, 0.717) is 24.7 Å². The molecule has 0 saturated carbocycles. The zero-order valence-corrected chi connectivity index (χ0v) is 11.7. The topological polar surface area (TPSA) is 65.2 Å². The van der Waals surface area contributed by atoms with Crippen LogP contribution in [0.15, 0.2) is 17.6 Å². The van der Waals surface area contributed by atoms with E-state index in [9.17, 15) is 0 Å². The molecule has 0 aliphatic carbocycles. The quantitative estimate of drug-likeness (QED) is 0.764. The van der Waals surface area contributed by atoms with E-state index >= 15 is 0 Å². The number of imidazole rings is 1. The van der Waals surface area contributed by atoms with Gasteiger partial charge in [0.2, 0.25) is 5.90 Å². The zero-order valence-electron chi connectivity index (χ0n) is 10.7. The highest BCUT2D eigenvalue weighted by Crippen LogP contribution is 2.20. The summed E-state index contributed by atoms with van der Waals surface area (Å²) in [7, 11) is -1.56. The Bertz CT molecular complexity index is 628. The lowest BCUT2D eigenvalue weighted by Crippen LogP contribution is -2.32. The van der Waals surface area contributed by atoms with Gasteiger partial charge in [-0.25, -0.2) is 19.9 Å². The van der Waals surface area contributed by atoms with Gasteiger partial charge in [-0.05, 0) is 0 Å². The van der Waals surface area contributed by atoms with Crippen LogP contribution in [-0.4, -0.2) is 46.5 Å². The monoisotopic (exact) mass is 261 g/mol. The molecule has 0 fully saturated rings. The van der Waals surface area contributed by atoms with Gasteiger partial charge in [-0.15, -0.1) is 0 Å². The molecule has 7 heteroatoms. The second-order valence-electron chi connectivity index (χ2n) is 5.22. The number of aliphatic imine (C=N–C) groups is 1. The fourth-order valence-corrected chi connectivity index (χ4v) is 3.28. The van der Waals surface area contributed by atoms with E-state index in [0.717, 1.165) is 11.2 Å². The Balaban J connectivity index is 2.28. The molecular formula is C11H15N5OSi. The maximum Gasteiger partial charge on any atom is 0.237 e. The second kappa shape index (κ2) is 3.87. The summed E-state index contributed by atoms with van der Waals surface area (Å²) >= 11 is 0. The number of hydrogen-bond donors (Lipinski definition) is 0. The molecule has 3 rings (SSSR count). The van der Waals surface area contributed by atoms with Gasteiger partial charge >= 0.3 is 0 Å². The molecule has 18 heavy (non-hydrogen) atoms. The molecule has 0 bridgehead atoms. The molecule has 1 aliphatic heterocycles. The first-order valence-corrected chi connectivity index (χ1v) is 9.38. The third-order valence-corrected chi connectivity index (χ3v) is 4.63. The zero-order chi connectivity index (χ0) is 12.8. The summed E-state index contributed by atoms with van der Waals surface area (Å²) in [5, 5.41) is 0. The van der Waals surface area contributed by atoms with Gasteiger partial charge in [0.15, 0.2) is 19.6 Å². The Labute approximate surface area is 106 Å². The highest BCUT2D eigenvalue weighted by molar-refractivity contribution is 6.75. The van der Waals surface area contributed by atoms with Gasteiger partial charge in [-0.2, -0.15) is 0 Å². The summed E-state index contributed by atoms with van der Waals surface area (Å²) in [5.41, 5.74) is 2.41. The molecule has 0 unspecified atom stereocenters. The molecule has 0 saturated heterocycles. The number of fused-ring (bicyclic) bond motifs is 1. The fraction of sp³-hybridized carbons (Fsp3) is 0.455. The fourth-order valence-electron chi connectivity index (χ4n) is 2.00. The van der Waals surface area contributed by atoms with E-state index < -0.39 is 8.24 Å². The maximum atomic E-state index is 5.52. The predicted octanol–water partition coefficient (Wildman–Crippen LogP) is 1.29. The van der Waals surface area contributed by atoms with Crippen molar-refractivity contribution in [2.24, 2.45) is 4.99 Å². The summed E-state index contributed by atoms with van der Waals surface area (Å²) < 4.78 is 7.71. The van der Waals surface area contributed by atoms with Crippen LogP contribution < -0.4 is 0 Å². The highest BCUT2D eigenvalue weighted by atomic mass is 28.3. The van der Waals surface area contributed by atoms with Gasteiger partial charge in [-0.1, -0.05) is 19.6 Å².